The Morgan fingerprint density at radius 2 is 2.21 bits per heavy atom. The van der Waals surface area contributed by atoms with Crippen molar-refractivity contribution in [1.29, 1.82) is 0 Å². The molecule has 152 valence electrons. The van der Waals surface area contributed by atoms with Gasteiger partial charge in [0.1, 0.15) is 23.3 Å². The van der Waals surface area contributed by atoms with Crippen LogP contribution < -0.4 is 20.5 Å². The zero-order chi connectivity index (χ0) is 20.4. The highest BCUT2D eigenvalue weighted by molar-refractivity contribution is 7.22. The molecule has 29 heavy (non-hydrogen) atoms. The topological polar surface area (TPSA) is 89.3 Å². The Kier molecular flexibility index (Phi) is 5.48. The predicted molar refractivity (Wildman–Crippen MR) is 114 cm³/mol. The number of nitrogens with one attached hydrogen (secondary N) is 1. The van der Waals surface area contributed by atoms with E-state index in [0.717, 1.165) is 24.6 Å². The van der Waals surface area contributed by atoms with E-state index >= 15 is 0 Å². The Hall–Kier alpha value is -2.94. The summed E-state index contributed by atoms with van der Waals surface area (Å²) in [4.78, 5) is 36.4. The van der Waals surface area contributed by atoms with Crippen molar-refractivity contribution in [3.05, 3.63) is 40.9 Å². The largest absolute Gasteiger partial charge is 0.495 e. The van der Waals surface area contributed by atoms with Gasteiger partial charge in [-0.15, -0.1) is 0 Å². The molecule has 1 unspecified atom stereocenters. The minimum atomic E-state index is -0.327. The molecule has 0 bridgehead atoms. The molecule has 1 aliphatic heterocycles. The van der Waals surface area contributed by atoms with Crippen molar-refractivity contribution in [3.63, 3.8) is 0 Å². The molecule has 1 aromatic carbocycles. The summed E-state index contributed by atoms with van der Waals surface area (Å²) >= 11 is 1.35. The number of hydrogen-bond donors (Lipinski definition) is 1. The van der Waals surface area contributed by atoms with E-state index in [1.807, 2.05) is 6.07 Å². The lowest BCUT2D eigenvalue weighted by Gasteiger charge is -2.30. The minimum absolute atomic E-state index is 0.131. The number of aromatic nitrogens is 3. The molecule has 1 N–H and O–H groups in total. The van der Waals surface area contributed by atoms with Gasteiger partial charge in [-0.05, 0) is 30.9 Å². The van der Waals surface area contributed by atoms with Crippen LogP contribution in [0.2, 0.25) is 0 Å². The van der Waals surface area contributed by atoms with E-state index < -0.39 is 0 Å². The molecule has 3 heterocycles. The summed E-state index contributed by atoms with van der Waals surface area (Å²) in [6.07, 6.45) is 3.72. The zero-order valence-electron chi connectivity index (χ0n) is 16.4. The maximum absolute atomic E-state index is 12.9. The number of amides is 1. The van der Waals surface area contributed by atoms with Crippen molar-refractivity contribution in [1.82, 2.24) is 14.5 Å². The monoisotopic (exact) mass is 413 g/mol. The number of nitrogens with zero attached hydrogens (tertiary/aromatic N) is 4. The number of methoxy groups -OCH3 is 1. The van der Waals surface area contributed by atoms with Crippen LogP contribution in [0.5, 0.6) is 5.75 Å². The van der Waals surface area contributed by atoms with Gasteiger partial charge in [0, 0.05) is 13.1 Å². The summed E-state index contributed by atoms with van der Waals surface area (Å²) in [6.45, 7) is 3.98. The minimum Gasteiger partial charge on any atom is -0.495 e. The summed E-state index contributed by atoms with van der Waals surface area (Å²) in [5.41, 5.74) is 0.745. The standard InChI is InChI=1S/C20H23N5O3S/c1-13-6-5-9-24(10-13)20-23-18-17(29-20)19(27)25(12-21-18)11-16(26)22-14-7-3-4-8-15(14)28-2/h3-4,7-8,12-13H,5-6,9-11H2,1-2H3,(H,22,26). The van der Waals surface area contributed by atoms with Crippen molar-refractivity contribution >= 4 is 38.4 Å². The molecule has 9 heteroatoms. The lowest BCUT2D eigenvalue weighted by atomic mass is 10.0. The first-order valence-electron chi connectivity index (χ1n) is 9.59. The van der Waals surface area contributed by atoms with Crippen LogP contribution in [0.3, 0.4) is 0 Å². The van der Waals surface area contributed by atoms with Crippen LogP contribution in [-0.4, -0.2) is 40.6 Å². The number of fused-ring (bicyclic) bond motifs is 1. The zero-order valence-corrected chi connectivity index (χ0v) is 17.2. The van der Waals surface area contributed by atoms with E-state index in [2.05, 4.69) is 27.1 Å². The Morgan fingerprint density at radius 1 is 1.38 bits per heavy atom. The fourth-order valence-corrected chi connectivity index (χ4v) is 4.54. The predicted octanol–water partition coefficient (Wildman–Crippen LogP) is 2.74. The molecule has 2 aromatic heterocycles. The van der Waals surface area contributed by atoms with E-state index in [-0.39, 0.29) is 18.0 Å². The van der Waals surface area contributed by atoms with Crippen LogP contribution >= 0.6 is 11.3 Å². The molecule has 0 spiro atoms. The number of carbonyl (C=O) groups excluding carboxylic acids is 1. The summed E-state index contributed by atoms with van der Waals surface area (Å²) in [6, 6.07) is 7.13. The van der Waals surface area contributed by atoms with Crippen molar-refractivity contribution < 1.29 is 9.53 Å². The fourth-order valence-electron chi connectivity index (χ4n) is 3.54. The van der Waals surface area contributed by atoms with Crippen LogP contribution in [0, 0.1) is 5.92 Å². The SMILES string of the molecule is COc1ccccc1NC(=O)Cn1cnc2nc(N3CCCC(C)C3)sc2c1=O. The number of ether oxygens (including phenoxy) is 1. The third-order valence-electron chi connectivity index (χ3n) is 5.00. The normalized spacial score (nSPS) is 16.8. The average molecular weight is 414 g/mol. The number of hydrogen-bond acceptors (Lipinski definition) is 7. The van der Waals surface area contributed by atoms with Crippen LogP contribution in [0.4, 0.5) is 10.8 Å². The average Bonchev–Trinajstić information content (AvgIpc) is 3.16. The quantitative estimate of drug-likeness (QED) is 0.692. The van der Waals surface area contributed by atoms with Crippen molar-refractivity contribution in [2.24, 2.45) is 5.92 Å². The molecular formula is C20H23N5O3S. The Balaban J connectivity index is 1.54. The lowest BCUT2D eigenvalue weighted by Crippen LogP contribution is -2.34. The van der Waals surface area contributed by atoms with Crippen LogP contribution in [-0.2, 0) is 11.3 Å². The number of thiazole rings is 1. The third-order valence-corrected chi connectivity index (χ3v) is 6.09. The molecule has 3 aromatic rings. The maximum Gasteiger partial charge on any atom is 0.273 e. The second-order valence-corrected chi connectivity index (χ2v) is 8.25. The molecule has 0 radical (unpaired) electrons. The molecule has 1 saturated heterocycles. The summed E-state index contributed by atoms with van der Waals surface area (Å²) < 4.78 is 7.03. The van der Waals surface area contributed by atoms with Crippen molar-refractivity contribution in [2.75, 3.05) is 30.4 Å². The van der Waals surface area contributed by atoms with Gasteiger partial charge < -0.3 is 15.0 Å². The van der Waals surface area contributed by atoms with Gasteiger partial charge in [-0.25, -0.2) is 4.98 Å². The number of piperidine rings is 1. The number of rotatable bonds is 5. The first-order valence-corrected chi connectivity index (χ1v) is 10.4. The summed E-state index contributed by atoms with van der Waals surface area (Å²) in [5, 5.41) is 3.60. The van der Waals surface area contributed by atoms with Gasteiger partial charge in [0.05, 0.1) is 12.8 Å². The van der Waals surface area contributed by atoms with Gasteiger partial charge in [-0.3, -0.25) is 14.2 Å². The van der Waals surface area contributed by atoms with Crippen LogP contribution in [0.25, 0.3) is 10.3 Å². The van der Waals surface area contributed by atoms with E-state index in [9.17, 15) is 9.59 Å². The molecule has 8 nitrogen and oxygen atoms in total. The molecule has 1 atom stereocenters. The van der Waals surface area contributed by atoms with E-state index in [1.165, 1.54) is 35.8 Å². The lowest BCUT2D eigenvalue weighted by molar-refractivity contribution is -0.116. The highest BCUT2D eigenvalue weighted by Gasteiger charge is 2.21. The van der Waals surface area contributed by atoms with Crippen molar-refractivity contribution in [3.8, 4) is 5.75 Å². The molecule has 1 aliphatic rings. The maximum atomic E-state index is 12.9. The van der Waals surface area contributed by atoms with Gasteiger partial charge in [-0.2, -0.15) is 4.98 Å². The Morgan fingerprint density at radius 3 is 3.00 bits per heavy atom. The van der Waals surface area contributed by atoms with E-state index in [1.54, 1.807) is 18.2 Å². The number of carbonyl (C=O) groups is 1. The highest BCUT2D eigenvalue weighted by Crippen LogP contribution is 2.29. The first kappa shape index (κ1) is 19.4. The summed E-state index contributed by atoms with van der Waals surface area (Å²) in [5.74, 6) is 0.844. The van der Waals surface area contributed by atoms with Crippen LogP contribution in [0.1, 0.15) is 19.8 Å². The van der Waals surface area contributed by atoms with Gasteiger partial charge in [0.2, 0.25) is 5.91 Å². The molecule has 1 fully saturated rings. The van der Waals surface area contributed by atoms with Gasteiger partial charge in [-0.1, -0.05) is 30.4 Å². The Labute approximate surface area is 172 Å². The molecule has 4 rings (SSSR count). The number of para-hydroxylation sites is 2. The number of benzene rings is 1. The van der Waals surface area contributed by atoms with Gasteiger partial charge >= 0.3 is 0 Å². The Bertz CT molecular complexity index is 1090. The van der Waals surface area contributed by atoms with Gasteiger partial charge in [0.15, 0.2) is 10.8 Å². The molecule has 0 saturated carbocycles. The smallest absolute Gasteiger partial charge is 0.273 e. The first-order chi connectivity index (χ1) is 14.0. The summed E-state index contributed by atoms with van der Waals surface area (Å²) in [7, 11) is 1.54. The highest BCUT2D eigenvalue weighted by atomic mass is 32.1. The number of anilines is 2. The van der Waals surface area contributed by atoms with Crippen molar-refractivity contribution in [2.45, 2.75) is 26.3 Å². The second kappa shape index (κ2) is 8.20. The van der Waals surface area contributed by atoms with E-state index in [4.69, 9.17) is 4.74 Å². The molecule has 0 aliphatic carbocycles. The van der Waals surface area contributed by atoms with Gasteiger partial charge in [0.25, 0.3) is 5.56 Å². The molecule has 1 amide bonds. The third kappa shape index (κ3) is 4.09. The van der Waals surface area contributed by atoms with Crippen LogP contribution in [0.15, 0.2) is 35.4 Å². The second-order valence-electron chi connectivity index (χ2n) is 7.27. The molecular weight excluding hydrogens is 390 g/mol. The van der Waals surface area contributed by atoms with E-state index in [0.29, 0.717) is 27.7 Å². The fraction of sp³-hybridized carbons (Fsp3) is 0.400.